The van der Waals surface area contributed by atoms with Crippen LogP contribution in [0.25, 0.3) is 0 Å². The summed E-state index contributed by atoms with van der Waals surface area (Å²) >= 11 is 0. The van der Waals surface area contributed by atoms with Crippen LogP contribution >= 0.6 is 8.03 Å². The average molecular weight is 379 g/mol. The minimum atomic E-state index is -1.83. The molecule has 0 saturated heterocycles. The molecule has 1 unspecified atom stereocenters. The smallest absolute Gasteiger partial charge is 0.188 e. The quantitative estimate of drug-likeness (QED) is 0.129. The molecular formula is C20H43O4P. The highest BCUT2D eigenvalue weighted by Gasteiger charge is 1.95. The highest BCUT2D eigenvalue weighted by molar-refractivity contribution is 7.38. The Morgan fingerprint density at radius 2 is 1.04 bits per heavy atom. The number of rotatable bonds is 21. The Bertz CT molecular complexity index is 274. The second kappa shape index (κ2) is 22.2. The Morgan fingerprint density at radius 1 is 0.600 bits per heavy atom. The van der Waals surface area contributed by atoms with E-state index in [-0.39, 0.29) is 0 Å². The molecule has 0 aromatic heterocycles. The van der Waals surface area contributed by atoms with Gasteiger partial charge in [0.05, 0.1) is 13.2 Å². The molecule has 0 aliphatic rings. The highest BCUT2D eigenvalue weighted by Crippen LogP contribution is 2.14. The van der Waals surface area contributed by atoms with Gasteiger partial charge in [-0.15, -0.1) is 0 Å². The Hall–Kier alpha value is 0.110. The van der Waals surface area contributed by atoms with Gasteiger partial charge in [-0.3, -0.25) is 4.57 Å². The largest absolute Gasteiger partial charge is 0.355 e. The molecule has 0 aliphatic heterocycles. The maximum absolute atomic E-state index is 10.7. The Morgan fingerprint density at radius 3 is 1.52 bits per heavy atom. The maximum Gasteiger partial charge on any atom is 0.188 e. The summed E-state index contributed by atoms with van der Waals surface area (Å²) in [7, 11) is -1.83. The van der Waals surface area contributed by atoms with Gasteiger partial charge in [-0.2, -0.15) is 0 Å². The predicted molar refractivity (Wildman–Crippen MR) is 108 cm³/mol. The lowest BCUT2D eigenvalue weighted by atomic mass is 10.0. The van der Waals surface area contributed by atoms with Crippen LogP contribution in [0.4, 0.5) is 0 Å². The zero-order valence-electron chi connectivity index (χ0n) is 16.9. The van der Waals surface area contributed by atoms with Crippen LogP contribution < -0.4 is 0 Å². The van der Waals surface area contributed by atoms with Crippen molar-refractivity contribution in [2.24, 2.45) is 0 Å². The van der Waals surface area contributed by atoms with E-state index < -0.39 is 8.03 Å². The van der Waals surface area contributed by atoms with Crippen molar-refractivity contribution in [2.75, 3.05) is 33.3 Å². The lowest BCUT2D eigenvalue weighted by molar-refractivity contribution is -0.0606. The molecule has 5 heteroatoms. The highest BCUT2D eigenvalue weighted by atomic mass is 31.1. The number of hydrogen-bond donors (Lipinski definition) is 0. The van der Waals surface area contributed by atoms with E-state index in [1.54, 1.807) is 6.66 Å². The third-order valence-corrected chi connectivity index (χ3v) is 4.95. The van der Waals surface area contributed by atoms with Gasteiger partial charge in [0.2, 0.25) is 0 Å². The molecule has 4 nitrogen and oxygen atoms in total. The van der Waals surface area contributed by atoms with Crippen LogP contribution in [0.15, 0.2) is 0 Å². The summed E-state index contributed by atoms with van der Waals surface area (Å²) in [5.41, 5.74) is 0. The SMILES string of the molecule is CCCCCCCCCCCCCCCCOCOCCO[PH](C)=O. The van der Waals surface area contributed by atoms with Gasteiger partial charge in [-0.25, -0.2) is 0 Å². The van der Waals surface area contributed by atoms with Gasteiger partial charge in [0.1, 0.15) is 6.79 Å². The fraction of sp³-hybridized carbons (Fsp3) is 1.00. The summed E-state index contributed by atoms with van der Waals surface area (Å²) in [6, 6.07) is 0. The first-order valence-corrected chi connectivity index (χ1v) is 12.4. The van der Waals surface area contributed by atoms with Gasteiger partial charge in [0.15, 0.2) is 8.03 Å². The molecule has 0 aromatic rings. The first-order chi connectivity index (χ1) is 12.3. The molecule has 0 fully saturated rings. The average Bonchev–Trinajstić information content (AvgIpc) is 2.60. The van der Waals surface area contributed by atoms with Crippen molar-refractivity contribution in [2.45, 2.75) is 96.8 Å². The third kappa shape index (κ3) is 24.1. The van der Waals surface area contributed by atoms with E-state index in [0.29, 0.717) is 20.0 Å². The Labute approximate surface area is 157 Å². The summed E-state index contributed by atoms with van der Waals surface area (Å²) in [4.78, 5) is 0. The molecule has 0 aliphatic carbocycles. The summed E-state index contributed by atoms with van der Waals surface area (Å²) < 4.78 is 26.3. The zero-order valence-corrected chi connectivity index (χ0v) is 17.9. The topological polar surface area (TPSA) is 44.8 Å². The summed E-state index contributed by atoms with van der Waals surface area (Å²) in [6.07, 6.45) is 19.2. The fourth-order valence-electron chi connectivity index (χ4n) is 2.82. The van der Waals surface area contributed by atoms with Crippen molar-refractivity contribution in [3.63, 3.8) is 0 Å². The van der Waals surface area contributed by atoms with E-state index in [1.807, 2.05) is 0 Å². The Kier molecular flexibility index (Phi) is 22.2. The minimum absolute atomic E-state index is 0.312. The monoisotopic (exact) mass is 378 g/mol. The predicted octanol–water partition coefficient (Wildman–Crippen LogP) is 6.58. The van der Waals surface area contributed by atoms with Crippen LogP contribution in [0.2, 0.25) is 0 Å². The van der Waals surface area contributed by atoms with E-state index in [4.69, 9.17) is 14.0 Å². The van der Waals surface area contributed by atoms with E-state index in [1.165, 1.54) is 83.5 Å². The maximum atomic E-state index is 10.7. The molecule has 0 bridgehead atoms. The molecule has 25 heavy (non-hydrogen) atoms. The van der Waals surface area contributed by atoms with Crippen molar-refractivity contribution in [3.8, 4) is 0 Å². The molecule has 0 radical (unpaired) electrons. The Balaban J connectivity index is 2.97. The molecule has 1 atom stereocenters. The van der Waals surface area contributed by atoms with Crippen LogP contribution in [0.3, 0.4) is 0 Å². The summed E-state index contributed by atoms with van der Waals surface area (Å²) in [5.74, 6) is 0. The van der Waals surface area contributed by atoms with Crippen molar-refractivity contribution in [3.05, 3.63) is 0 Å². The van der Waals surface area contributed by atoms with Gasteiger partial charge >= 0.3 is 0 Å². The van der Waals surface area contributed by atoms with Crippen molar-refractivity contribution >= 4 is 8.03 Å². The van der Waals surface area contributed by atoms with Gasteiger partial charge in [-0.05, 0) is 6.42 Å². The molecule has 0 rings (SSSR count). The molecule has 0 heterocycles. The van der Waals surface area contributed by atoms with Crippen molar-refractivity contribution in [1.29, 1.82) is 0 Å². The normalized spacial score (nSPS) is 12.6. The standard InChI is InChI=1S/C20H43O4P/c1-3-4-5-6-7-8-9-10-11-12-13-14-15-16-17-22-20-23-18-19-24-25(2)21/h25H,3-20H2,1-2H3. The van der Waals surface area contributed by atoms with Gasteiger partial charge in [-0.1, -0.05) is 90.4 Å². The fourth-order valence-corrected chi connectivity index (χ4v) is 3.19. The van der Waals surface area contributed by atoms with E-state index in [2.05, 4.69) is 6.92 Å². The second-order valence-electron chi connectivity index (χ2n) is 6.87. The molecule has 0 saturated carbocycles. The van der Waals surface area contributed by atoms with Crippen LogP contribution in [0.1, 0.15) is 96.8 Å². The minimum Gasteiger partial charge on any atom is -0.355 e. The van der Waals surface area contributed by atoms with Gasteiger partial charge in [0, 0.05) is 13.3 Å². The van der Waals surface area contributed by atoms with Gasteiger partial charge in [0.25, 0.3) is 0 Å². The number of ether oxygens (including phenoxy) is 2. The molecule has 0 amide bonds. The van der Waals surface area contributed by atoms with E-state index in [9.17, 15) is 4.57 Å². The van der Waals surface area contributed by atoms with Crippen LogP contribution in [-0.4, -0.2) is 33.3 Å². The molecule has 152 valence electrons. The van der Waals surface area contributed by atoms with Crippen LogP contribution in [-0.2, 0) is 18.6 Å². The first kappa shape index (κ1) is 25.1. The van der Waals surface area contributed by atoms with E-state index >= 15 is 0 Å². The van der Waals surface area contributed by atoms with Gasteiger partial charge < -0.3 is 14.0 Å². The molecular weight excluding hydrogens is 335 g/mol. The third-order valence-electron chi connectivity index (χ3n) is 4.34. The number of unbranched alkanes of at least 4 members (excludes halogenated alkanes) is 13. The van der Waals surface area contributed by atoms with Crippen LogP contribution in [0, 0.1) is 0 Å². The summed E-state index contributed by atoms with van der Waals surface area (Å²) in [5, 5.41) is 0. The first-order valence-electron chi connectivity index (χ1n) is 10.6. The summed E-state index contributed by atoms with van der Waals surface area (Å²) in [6.45, 7) is 5.77. The van der Waals surface area contributed by atoms with E-state index in [0.717, 1.165) is 13.0 Å². The zero-order chi connectivity index (χ0) is 18.4. The van der Waals surface area contributed by atoms with Crippen molar-refractivity contribution < 1.29 is 18.6 Å². The second-order valence-corrected chi connectivity index (χ2v) is 8.14. The number of hydrogen-bond acceptors (Lipinski definition) is 4. The lowest BCUT2D eigenvalue weighted by Gasteiger charge is -2.06. The molecule has 0 aromatic carbocycles. The van der Waals surface area contributed by atoms with Crippen LogP contribution in [0.5, 0.6) is 0 Å². The molecule has 0 spiro atoms. The molecule has 0 N–H and O–H groups in total. The van der Waals surface area contributed by atoms with Crippen molar-refractivity contribution in [1.82, 2.24) is 0 Å². The lowest BCUT2D eigenvalue weighted by Crippen LogP contribution is -2.06.